The third kappa shape index (κ3) is 2.63. The van der Waals surface area contributed by atoms with E-state index in [4.69, 9.17) is 4.42 Å². The van der Waals surface area contributed by atoms with Crippen molar-refractivity contribution < 1.29 is 13.6 Å². The lowest BCUT2D eigenvalue weighted by molar-refractivity contribution is 0.0998. The molecule has 2 aromatic carbocycles. The molecule has 2 heterocycles. The molecule has 2 N–H and O–H groups in total. The Morgan fingerprint density at radius 1 is 1.12 bits per heavy atom. The number of nitrogens with zero attached hydrogens (tertiary/aromatic N) is 2. The molecular formula is C17H11FN4O2. The molecule has 0 spiro atoms. The predicted molar refractivity (Wildman–Crippen MR) is 85.9 cm³/mol. The first kappa shape index (κ1) is 14.1. The fraction of sp³-hybridized carbons (Fsp3) is 0. The van der Waals surface area contributed by atoms with E-state index in [1.165, 1.54) is 12.1 Å². The molecule has 0 atom stereocenters. The van der Waals surface area contributed by atoms with E-state index >= 15 is 0 Å². The number of nitrogens with one attached hydrogen (secondary N) is 2. The van der Waals surface area contributed by atoms with Crippen LogP contribution < -0.4 is 5.32 Å². The second kappa shape index (κ2) is 5.62. The molecule has 0 aliphatic carbocycles. The van der Waals surface area contributed by atoms with Gasteiger partial charge in [0.1, 0.15) is 11.4 Å². The highest BCUT2D eigenvalue weighted by Gasteiger charge is 2.15. The highest BCUT2D eigenvalue weighted by molar-refractivity contribution is 6.03. The number of furan rings is 1. The van der Waals surface area contributed by atoms with Gasteiger partial charge in [0.2, 0.25) is 5.95 Å². The average molecular weight is 322 g/mol. The number of benzene rings is 2. The zero-order chi connectivity index (χ0) is 16.5. The Morgan fingerprint density at radius 2 is 1.92 bits per heavy atom. The zero-order valence-corrected chi connectivity index (χ0v) is 12.3. The smallest absolute Gasteiger partial charge is 0.293 e. The Morgan fingerprint density at radius 3 is 2.71 bits per heavy atom. The summed E-state index contributed by atoms with van der Waals surface area (Å²) in [5.74, 6) is -0.0773. The number of H-pyrrole nitrogens is 1. The highest BCUT2D eigenvalue weighted by atomic mass is 19.1. The van der Waals surface area contributed by atoms with Gasteiger partial charge in [0, 0.05) is 10.9 Å². The first-order chi connectivity index (χ1) is 11.7. The van der Waals surface area contributed by atoms with Gasteiger partial charge in [0.15, 0.2) is 11.6 Å². The van der Waals surface area contributed by atoms with Gasteiger partial charge in [-0.05, 0) is 36.4 Å². The van der Waals surface area contributed by atoms with Gasteiger partial charge in [-0.1, -0.05) is 18.2 Å². The first-order valence-electron chi connectivity index (χ1n) is 7.17. The molecule has 4 rings (SSSR count). The maximum atomic E-state index is 12.9. The second-order valence-corrected chi connectivity index (χ2v) is 5.12. The molecule has 24 heavy (non-hydrogen) atoms. The van der Waals surface area contributed by atoms with Gasteiger partial charge in [-0.2, -0.15) is 4.98 Å². The number of hydrogen-bond donors (Lipinski definition) is 2. The van der Waals surface area contributed by atoms with Crippen molar-refractivity contribution in [2.24, 2.45) is 0 Å². The SMILES string of the molecule is O=C(Nc1n[nH]c(-c2ccc(F)cc2)n1)c1cc2ccccc2o1. The van der Waals surface area contributed by atoms with Crippen molar-refractivity contribution in [1.29, 1.82) is 0 Å². The summed E-state index contributed by atoms with van der Waals surface area (Å²) in [5.41, 5.74) is 1.29. The maximum absolute atomic E-state index is 12.9. The number of aromatic amines is 1. The van der Waals surface area contributed by atoms with E-state index in [9.17, 15) is 9.18 Å². The van der Waals surface area contributed by atoms with Crippen molar-refractivity contribution in [2.75, 3.05) is 5.32 Å². The number of fused-ring (bicyclic) bond motifs is 1. The number of para-hydroxylation sites is 1. The molecule has 0 fully saturated rings. The first-order valence-corrected chi connectivity index (χ1v) is 7.17. The summed E-state index contributed by atoms with van der Waals surface area (Å²) >= 11 is 0. The molecule has 0 aliphatic rings. The minimum atomic E-state index is -0.448. The molecular weight excluding hydrogens is 311 g/mol. The van der Waals surface area contributed by atoms with E-state index in [1.807, 2.05) is 18.2 Å². The Hall–Kier alpha value is -3.48. The quantitative estimate of drug-likeness (QED) is 0.603. The molecule has 0 saturated heterocycles. The van der Waals surface area contributed by atoms with Crippen LogP contribution in [0.4, 0.5) is 10.3 Å². The van der Waals surface area contributed by atoms with Crippen LogP contribution in [-0.4, -0.2) is 21.1 Å². The Bertz CT molecular complexity index is 987. The average Bonchev–Trinajstić information content (AvgIpc) is 3.22. The van der Waals surface area contributed by atoms with Crippen LogP contribution >= 0.6 is 0 Å². The van der Waals surface area contributed by atoms with Crippen LogP contribution in [0.25, 0.3) is 22.4 Å². The number of halogens is 1. The summed E-state index contributed by atoms with van der Waals surface area (Å²) in [7, 11) is 0. The lowest BCUT2D eigenvalue weighted by Crippen LogP contribution is -2.11. The monoisotopic (exact) mass is 322 g/mol. The Labute approximate surface area is 135 Å². The van der Waals surface area contributed by atoms with Crippen LogP contribution in [0, 0.1) is 5.82 Å². The summed E-state index contributed by atoms with van der Waals surface area (Å²) in [6, 6.07) is 14.8. The van der Waals surface area contributed by atoms with Crippen molar-refractivity contribution in [3.05, 3.63) is 66.2 Å². The predicted octanol–water partition coefficient (Wildman–Crippen LogP) is 3.61. The summed E-state index contributed by atoms with van der Waals surface area (Å²) in [5, 5.41) is 10.0. The minimum absolute atomic E-state index is 0.111. The molecule has 0 bridgehead atoms. The summed E-state index contributed by atoms with van der Waals surface area (Å²) in [6.45, 7) is 0. The van der Waals surface area contributed by atoms with E-state index in [1.54, 1.807) is 24.3 Å². The van der Waals surface area contributed by atoms with E-state index in [-0.39, 0.29) is 17.5 Å². The summed E-state index contributed by atoms with van der Waals surface area (Å²) in [4.78, 5) is 16.4. The highest BCUT2D eigenvalue weighted by Crippen LogP contribution is 2.20. The molecule has 0 saturated carbocycles. The molecule has 6 nitrogen and oxygen atoms in total. The van der Waals surface area contributed by atoms with Crippen molar-refractivity contribution >= 4 is 22.8 Å². The molecule has 1 amide bonds. The van der Waals surface area contributed by atoms with Crippen LogP contribution in [0.3, 0.4) is 0 Å². The zero-order valence-electron chi connectivity index (χ0n) is 12.3. The van der Waals surface area contributed by atoms with Crippen molar-refractivity contribution in [3.63, 3.8) is 0 Å². The molecule has 0 unspecified atom stereocenters. The molecule has 0 radical (unpaired) electrons. The fourth-order valence-electron chi connectivity index (χ4n) is 2.31. The molecule has 0 aliphatic heterocycles. The fourth-order valence-corrected chi connectivity index (χ4v) is 2.31. The number of carbonyl (C=O) groups is 1. The molecule has 7 heteroatoms. The van der Waals surface area contributed by atoms with Crippen LogP contribution in [0.1, 0.15) is 10.6 Å². The summed E-state index contributed by atoms with van der Waals surface area (Å²) < 4.78 is 18.4. The normalized spacial score (nSPS) is 10.9. The van der Waals surface area contributed by atoms with E-state index < -0.39 is 5.91 Å². The van der Waals surface area contributed by atoms with E-state index in [0.717, 1.165) is 5.39 Å². The van der Waals surface area contributed by atoms with Crippen molar-refractivity contribution in [1.82, 2.24) is 15.2 Å². The number of anilines is 1. The van der Waals surface area contributed by atoms with Gasteiger partial charge in [-0.3, -0.25) is 15.2 Å². The maximum Gasteiger partial charge on any atom is 0.293 e. The standard InChI is InChI=1S/C17H11FN4O2/c18-12-7-5-10(6-8-12)15-19-17(22-21-15)20-16(23)14-9-11-3-1-2-4-13(11)24-14/h1-9H,(H2,19,20,21,22,23). The third-order valence-electron chi connectivity index (χ3n) is 3.48. The van der Waals surface area contributed by atoms with Crippen LogP contribution in [0.15, 0.2) is 59.0 Å². The molecule has 4 aromatic rings. The molecule has 118 valence electrons. The Kier molecular flexibility index (Phi) is 3.31. The second-order valence-electron chi connectivity index (χ2n) is 5.12. The van der Waals surface area contributed by atoms with Gasteiger partial charge in [0.25, 0.3) is 5.91 Å². The lowest BCUT2D eigenvalue weighted by Gasteiger charge is -1.96. The van der Waals surface area contributed by atoms with Gasteiger partial charge in [0.05, 0.1) is 0 Å². The molecule has 2 aromatic heterocycles. The van der Waals surface area contributed by atoms with Gasteiger partial charge in [-0.25, -0.2) is 4.39 Å². The largest absolute Gasteiger partial charge is 0.451 e. The van der Waals surface area contributed by atoms with Gasteiger partial charge >= 0.3 is 0 Å². The number of hydrogen-bond acceptors (Lipinski definition) is 4. The van der Waals surface area contributed by atoms with Gasteiger partial charge < -0.3 is 4.42 Å². The van der Waals surface area contributed by atoms with E-state index in [2.05, 4.69) is 20.5 Å². The van der Waals surface area contributed by atoms with Crippen molar-refractivity contribution in [3.8, 4) is 11.4 Å². The van der Waals surface area contributed by atoms with Crippen LogP contribution in [0.2, 0.25) is 0 Å². The van der Waals surface area contributed by atoms with Crippen LogP contribution in [-0.2, 0) is 0 Å². The topological polar surface area (TPSA) is 83.8 Å². The minimum Gasteiger partial charge on any atom is -0.451 e. The number of aromatic nitrogens is 3. The van der Waals surface area contributed by atoms with E-state index in [0.29, 0.717) is 17.0 Å². The van der Waals surface area contributed by atoms with Gasteiger partial charge in [-0.15, -0.1) is 5.10 Å². The number of rotatable bonds is 3. The summed E-state index contributed by atoms with van der Waals surface area (Å²) in [6.07, 6.45) is 0. The number of amides is 1. The van der Waals surface area contributed by atoms with Crippen molar-refractivity contribution in [2.45, 2.75) is 0 Å². The lowest BCUT2D eigenvalue weighted by atomic mass is 10.2. The Balaban J connectivity index is 1.54. The number of carbonyl (C=O) groups excluding carboxylic acids is 1. The van der Waals surface area contributed by atoms with Crippen LogP contribution in [0.5, 0.6) is 0 Å². The third-order valence-corrected chi connectivity index (χ3v) is 3.48.